The number of piperidine rings is 1. The SMILES string of the molecule is CCOC(=O)C1CCN(C(=O)CN(C)C(=O)[C@@H](NC(=O)OCc2ccccc2)C(C)C)CC1. The highest BCUT2D eigenvalue weighted by molar-refractivity contribution is 5.89. The van der Waals surface area contributed by atoms with Crippen molar-refractivity contribution in [3.63, 3.8) is 0 Å². The van der Waals surface area contributed by atoms with Crippen LogP contribution in [0, 0.1) is 11.8 Å². The van der Waals surface area contributed by atoms with Crippen LogP contribution in [0.1, 0.15) is 39.2 Å². The number of amides is 3. The van der Waals surface area contributed by atoms with Crippen LogP contribution in [-0.4, -0.2) is 73.0 Å². The van der Waals surface area contributed by atoms with Crippen molar-refractivity contribution in [2.75, 3.05) is 33.3 Å². The van der Waals surface area contributed by atoms with Crippen molar-refractivity contribution in [3.8, 4) is 0 Å². The van der Waals surface area contributed by atoms with Crippen LogP contribution in [0.3, 0.4) is 0 Å². The Morgan fingerprint density at radius 2 is 1.73 bits per heavy atom. The summed E-state index contributed by atoms with van der Waals surface area (Å²) < 4.78 is 10.3. The standard InChI is InChI=1S/C24H35N3O6/c1-5-32-23(30)19-11-13-27(14-12-19)20(28)15-26(4)22(29)21(17(2)3)25-24(31)33-16-18-9-7-6-8-10-18/h6-10,17,19,21H,5,11-16H2,1-4H3,(H,25,31)/t21-/m0/s1. The smallest absolute Gasteiger partial charge is 0.408 e. The number of ether oxygens (including phenoxy) is 2. The Morgan fingerprint density at radius 1 is 1.09 bits per heavy atom. The molecule has 9 nitrogen and oxygen atoms in total. The molecule has 0 bridgehead atoms. The average molecular weight is 462 g/mol. The van der Waals surface area contributed by atoms with E-state index in [2.05, 4.69) is 5.32 Å². The van der Waals surface area contributed by atoms with Crippen LogP contribution in [0.2, 0.25) is 0 Å². The second-order valence-electron chi connectivity index (χ2n) is 8.53. The first-order chi connectivity index (χ1) is 15.7. The molecule has 0 unspecified atom stereocenters. The second-order valence-corrected chi connectivity index (χ2v) is 8.53. The largest absolute Gasteiger partial charge is 0.466 e. The first-order valence-corrected chi connectivity index (χ1v) is 11.4. The number of carbonyl (C=O) groups excluding carboxylic acids is 4. The lowest BCUT2D eigenvalue weighted by molar-refractivity contribution is -0.151. The van der Waals surface area contributed by atoms with E-state index in [9.17, 15) is 19.2 Å². The van der Waals surface area contributed by atoms with Gasteiger partial charge in [0.25, 0.3) is 0 Å². The molecule has 0 aliphatic carbocycles. The zero-order chi connectivity index (χ0) is 24.4. The van der Waals surface area contributed by atoms with Crippen LogP contribution in [0.5, 0.6) is 0 Å². The van der Waals surface area contributed by atoms with Crippen LogP contribution in [0.25, 0.3) is 0 Å². The number of rotatable bonds is 9. The summed E-state index contributed by atoms with van der Waals surface area (Å²) in [7, 11) is 1.54. The molecule has 0 aromatic heterocycles. The average Bonchev–Trinajstić information content (AvgIpc) is 2.81. The molecule has 33 heavy (non-hydrogen) atoms. The summed E-state index contributed by atoms with van der Waals surface area (Å²) in [5, 5.41) is 2.62. The van der Waals surface area contributed by atoms with Crippen LogP contribution in [-0.2, 0) is 30.5 Å². The van der Waals surface area contributed by atoms with Gasteiger partial charge < -0.3 is 24.6 Å². The third-order valence-corrected chi connectivity index (χ3v) is 5.64. The Kier molecular flexibility index (Phi) is 10.2. The summed E-state index contributed by atoms with van der Waals surface area (Å²) in [5.74, 6) is -1.16. The lowest BCUT2D eigenvalue weighted by Crippen LogP contribution is -2.53. The van der Waals surface area contributed by atoms with Crippen molar-refractivity contribution in [1.82, 2.24) is 15.1 Å². The van der Waals surface area contributed by atoms with Gasteiger partial charge in [-0.25, -0.2) is 4.79 Å². The van der Waals surface area contributed by atoms with Gasteiger partial charge in [0.05, 0.1) is 19.1 Å². The monoisotopic (exact) mass is 461 g/mol. The summed E-state index contributed by atoms with van der Waals surface area (Å²) in [6.07, 6.45) is 0.406. The lowest BCUT2D eigenvalue weighted by atomic mass is 9.97. The van der Waals surface area contributed by atoms with Gasteiger partial charge in [-0.15, -0.1) is 0 Å². The highest BCUT2D eigenvalue weighted by atomic mass is 16.5. The van der Waals surface area contributed by atoms with Crippen LogP contribution in [0.4, 0.5) is 4.79 Å². The molecule has 9 heteroatoms. The van der Waals surface area contributed by atoms with E-state index in [0.717, 1.165) is 5.56 Å². The molecule has 3 amide bonds. The molecule has 0 radical (unpaired) electrons. The minimum absolute atomic E-state index is 0.0990. The number of hydrogen-bond acceptors (Lipinski definition) is 6. The zero-order valence-electron chi connectivity index (χ0n) is 19.9. The molecule has 1 heterocycles. The van der Waals surface area contributed by atoms with Gasteiger partial charge in [-0.3, -0.25) is 14.4 Å². The maximum atomic E-state index is 12.9. The van der Waals surface area contributed by atoms with Gasteiger partial charge in [-0.05, 0) is 31.2 Å². The molecule has 2 rings (SSSR count). The van der Waals surface area contributed by atoms with E-state index in [0.29, 0.717) is 32.5 Å². The van der Waals surface area contributed by atoms with Crippen molar-refractivity contribution >= 4 is 23.9 Å². The molecule has 1 aliphatic heterocycles. The molecular formula is C24H35N3O6. The zero-order valence-corrected chi connectivity index (χ0v) is 19.9. The van der Waals surface area contributed by atoms with Crippen molar-refractivity contribution in [1.29, 1.82) is 0 Å². The Balaban J connectivity index is 1.84. The number of benzene rings is 1. The highest BCUT2D eigenvalue weighted by Gasteiger charge is 2.31. The van der Waals surface area contributed by atoms with Gasteiger partial charge in [0.15, 0.2) is 0 Å². The van der Waals surface area contributed by atoms with E-state index in [-0.39, 0.29) is 42.8 Å². The van der Waals surface area contributed by atoms with Crippen LogP contribution >= 0.6 is 0 Å². The van der Waals surface area contributed by atoms with E-state index >= 15 is 0 Å². The van der Waals surface area contributed by atoms with Gasteiger partial charge >= 0.3 is 12.1 Å². The first kappa shape index (κ1) is 26.2. The molecule has 1 aliphatic rings. The molecular weight excluding hydrogens is 426 g/mol. The molecule has 1 aromatic carbocycles. The summed E-state index contributed by atoms with van der Waals surface area (Å²) in [4.78, 5) is 52.7. The van der Waals surface area contributed by atoms with Crippen molar-refractivity contribution < 1.29 is 28.7 Å². The van der Waals surface area contributed by atoms with Crippen LogP contribution in [0.15, 0.2) is 30.3 Å². The third kappa shape index (κ3) is 8.07. The summed E-state index contributed by atoms with van der Waals surface area (Å²) >= 11 is 0. The van der Waals surface area contributed by atoms with Crippen molar-refractivity contribution in [2.24, 2.45) is 11.8 Å². The first-order valence-electron chi connectivity index (χ1n) is 11.4. The Bertz CT molecular complexity index is 806. The summed E-state index contributed by atoms with van der Waals surface area (Å²) in [5.41, 5.74) is 0.842. The number of likely N-dealkylation sites (N-methyl/N-ethyl adjacent to an activating group) is 1. The quantitative estimate of drug-likeness (QED) is 0.565. The Hall–Kier alpha value is -3.10. The fraction of sp³-hybridized carbons (Fsp3) is 0.583. The number of hydrogen-bond donors (Lipinski definition) is 1. The fourth-order valence-corrected chi connectivity index (χ4v) is 3.65. The molecule has 182 valence electrons. The normalized spacial score (nSPS) is 15.0. The maximum absolute atomic E-state index is 12.9. The van der Waals surface area contributed by atoms with Gasteiger partial charge in [0, 0.05) is 20.1 Å². The lowest BCUT2D eigenvalue weighted by Gasteiger charge is -2.33. The molecule has 0 saturated carbocycles. The number of nitrogens with one attached hydrogen (secondary N) is 1. The maximum Gasteiger partial charge on any atom is 0.408 e. The number of esters is 1. The van der Waals surface area contributed by atoms with Gasteiger partial charge in [-0.2, -0.15) is 0 Å². The Morgan fingerprint density at radius 3 is 2.30 bits per heavy atom. The van der Waals surface area contributed by atoms with E-state index in [4.69, 9.17) is 9.47 Å². The van der Waals surface area contributed by atoms with E-state index in [1.807, 2.05) is 44.2 Å². The molecule has 1 N–H and O–H groups in total. The van der Waals surface area contributed by atoms with E-state index in [1.165, 1.54) is 11.9 Å². The van der Waals surface area contributed by atoms with Gasteiger partial charge in [0.1, 0.15) is 12.6 Å². The minimum Gasteiger partial charge on any atom is -0.466 e. The van der Waals surface area contributed by atoms with Crippen LogP contribution < -0.4 is 5.32 Å². The number of alkyl carbamates (subject to hydrolysis) is 1. The fourth-order valence-electron chi connectivity index (χ4n) is 3.65. The Labute approximate surface area is 195 Å². The number of nitrogens with zero attached hydrogens (tertiary/aromatic N) is 2. The number of likely N-dealkylation sites (tertiary alicyclic amines) is 1. The van der Waals surface area contributed by atoms with Crippen molar-refractivity contribution in [3.05, 3.63) is 35.9 Å². The second kappa shape index (κ2) is 12.8. The van der Waals surface area contributed by atoms with E-state index < -0.39 is 12.1 Å². The highest BCUT2D eigenvalue weighted by Crippen LogP contribution is 2.19. The van der Waals surface area contributed by atoms with Crippen molar-refractivity contribution in [2.45, 2.75) is 46.3 Å². The van der Waals surface area contributed by atoms with Gasteiger partial charge in [0.2, 0.25) is 11.8 Å². The summed E-state index contributed by atoms with van der Waals surface area (Å²) in [6, 6.07) is 8.43. The van der Waals surface area contributed by atoms with E-state index in [1.54, 1.807) is 11.8 Å². The molecule has 1 atom stereocenters. The topological polar surface area (TPSA) is 105 Å². The summed E-state index contributed by atoms with van der Waals surface area (Å²) in [6.45, 7) is 6.63. The predicted molar refractivity (Wildman–Crippen MR) is 122 cm³/mol. The number of carbonyl (C=O) groups is 4. The molecule has 1 fully saturated rings. The molecule has 1 saturated heterocycles. The minimum atomic E-state index is -0.819. The predicted octanol–water partition coefficient (Wildman–Crippen LogP) is 2.20. The molecule has 0 spiro atoms. The van der Waals surface area contributed by atoms with Gasteiger partial charge in [-0.1, -0.05) is 44.2 Å². The third-order valence-electron chi connectivity index (χ3n) is 5.64. The molecule has 1 aromatic rings.